The van der Waals surface area contributed by atoms with Crippen LogP contribution in [0.15, 0.2) is 103 Å². The molecule has 2 unspecified atom stereocenters. The third-order valence-corrected chi connectivity index (χ3v) is 6.64. The van der Waals surface area contributed by atoms with Gasteiger partial charge in [-0.1, -0.05) is 78.9 Å². The number of benzene rings is 4. The lowest BCUT2D eigenvalue weighted by Crippen LogP contribution is -2.44. The molecule has 0 radical (unpaired) electrons. The minimum absolute atomic E-state index is 0.0910. The van der Waals surface area contributed by atoms with Crippen LogP contribution in [0, 0.1) is 17.2 Å². The van der Waals surface area contributed by atoms with Gasteiger partial charge in [0, 0.05) is 30.7 Å². The number of carbonyl (C=O) groups excluding carboxylic acids is 1. The molecule has 0 aromatic heterocycles. The zero-order valence-electron chi connectivity index (χ0n) is 20.7. The third-order valence-electron chi connectivity index (χ3n) is 6.64. The Hall–Kier alpha value is -4.24. The summed E-state index contributed by atoms with van der Waals surface area (Å²) in [4.78, 5) is 13.3. The summed E-state index contributed by atoms with van der Waals surface area (Å²) in [6.07, 6.45) is 1.13. The van der Waals surface area contributed by atoms with Crippen LogP contribution < -0.4 is 11.1 Å². The van der Waals surface area contributed by atoms with E-state index in [2.05, 4.69) is 11.4 Å². The third kappa shape index (κ3) is 6.92. The highest BCUT2D eigenvalue weighted by molar-refractivity contribution is 5.95. The van der Waals surface area contributed by atoms with Crippen molar-refractivity contribution in [1.29, 1.82) is 5.26 Å². The fourth-order valence-corrected chi connectivity index (χ4v) is 4.51. The van der Waals surface area contributed by atoms with Crippen molar-refractivity contribution in [2.75, 3.05) is 6.61 Å². The molecular formula is C32H31N3O2. The van der Waals surface area contributed by atoms with E-state index in [9.17, 15) is 15.2 Å². The number of rotatable bonds is 10. The summed E-state index contributed by atoms with van der Waals surface area (Å²) < 4.78 is 0. The van der Waals surface area contributed by atoms with Crippen LogP contribution in [0.2, 0.25) is 0 Å². The molecule has 1 amide bonds. The lowest BCUT2D eigenvalue weighted by molar-refractivity contribution is 0.0903. The zero-order chi connectivity index (χ0) is 26.0. The Morgan fingerprint density at radius 1 is 0.811 bits per heavy atom. The Morgan fingerprint density at radius 3 is 2.08 bits per heavy atom. The second kappa shape index (κ2) is 12.6. The number of hydrogen-bond acceptors (Lipinski definition) is 4. The summed E-state index contributed by atoms with van der Waals surface area (Å²) in [6.45, 7) is 0.411. The Labute approximate surface area is 218 Å². The van der Waals surface area contributed by atoms with Crippen LogP contribution in [0.3, 0.4) is 0 Å². The number of nitrogens with zero attached hydrogens (tertiary/aromatic N) is 1. The summed E-state index contributed by atoms with van der Waals surface area (Å²) in [5, 5.41) is 22.8. The number of amides is 1. The quantitative estimate of drug-likeness (QED) is 0.296. The average Bonchev–Trinajstić information content (AvgIpc) is 2.96. The molecule has 2 atom stereocenters. The fraction of sp³-hybridized carbons (Fsp3) is 0.188. The molecule has 0 fully saturated rings. The van der Waals surface area contributed by atoms with Gasteiger partial charge < -0.3 is 16.2 Å². The highest BCUT2D eigenvalue weighted by Crippen LogP contribution is 2.22. The van der Waals surface area contributed by atoms with Crippen LogP contribution >= 0.6 is 0 Å². The van der Waals surface area contributed by atoms with Crippen LogP contribution in [0.4, 0.5) is 0 Å². The molecule has 0 spiro atoms. The number of carbonyl (C=O) groups is 1. The number of nitrogens with one attached hydrogen (secondary N) is 1. The Kier molecular flexibility index (Phi) is 8.83. The second-order valence-corrected chi connectivity index (χ2v) is 9.21. The van der Waals surface area contributed by atoms with Gasteiger partial charge in [-0.05, 0) is 64.9 Å². The molecular weight excluding hydrogens is 458 g/mol. The number of nitrogens with two attached hydrogens (primary N) is 1. The van der Waals surface area contributed by atoms with Gasteiger partial charge in [0.05, 0.1) is 11.6 Å². The van der Waals surface area contributed by atoms with Crippen LogP contribution in [-0.4, -0.2) is 23.7 Å². The maximum atomic E-state index is 13.3. The standard InChI is InChI=1S/C32H31N3O2/c33-20-24-9-11-27(12-10-24)28-13-15-29(16-14-28)32(37)35-31(19-23-5-2-1-3-6-23)30(22-36)18-25-7-4-8-26(17-25)21-34/h1-17,30-31,36H,18-20,22,33H2,(H,35,37). The van der Waals surface area contributed by atoms with E-state index in [1.807, 2.05) is 97.1 Å². The van der Waals surface area contributed by atoms with Crippen molar-refractivity contribution < 1.29 is 9.90 Å². The number of aliphatic hydroxyl groups is 1. The molecule has 5 heteroatoms. The normalized spacial score (nSPS) is 12.4. The summed E-state index contributed by atoms with van der Waals surface area (Å²) in [6, 6.07) is 34.8. The number of nitriles is 1. The number of hydrogen-bond donors (Lipinski definition) is 3. The van der Waals surface area contributed by atoms with E-state index < -0.39 is 0 Å². The van der Waals surface area contributed by atoms with Crippen LogP contribution in [-0.2, 0) is 19.4 Å². The van der Waals surface area contributed by atoms with E-state index in [4.69, 9.17) is 5.73 Å². The van der Waals surface area contributed by atoms with Gasteiger partial charge in [0.1, 0.15) is 0 Å². The molecule has 0 aliphatic rings. The topological polar surface area (TPSA) is 99.1 Å². The zero-order valence-corrected chi connectivity index (χ0v) is 20.7. The van der Waals surface area contributed by atoms with E-state index in [0.29, 0.717) is 30.5 Å². The summed E-state index contributed by atoms with van der Waals surface area (Å²) >= 11 is 0. The van der Waals surface area contributed by atoms with E-state index >= 15 is 0 Å². The van der Waals surface area contributed by atoms with Gasteiger partial charge in [-0.3, -0.25) is 4.79 Å². The molecule has 186 valence electrons. The molecule has 4 N–H and O–H groups in total. The van der Waals surface area contributed by atoms with E-state index in [0.717, 1.165) is 27.8 Å². The van der Waals surface area contributed by atoms with Crippen molar-refractivity contribution in [2.45, 2.75) is 25.4 Å². The van der Waals surface area contributed by atoms with Crippen molar-refractivity contribution in [3.8, 4) is 17.2 Å². The first-order chi connectivity index (χ1) is 18.1. The Morgan fingerprint density at radius 2 is 1.46 bits per heavy atom. The van der Waals surface area contributed by atoms with Crippen molar-refractivity contribution in [2.24, 2.45) is 11.7 Å². The van der Waals surface area contributed by atoms with Crippen LogP contribution in [0.1, 0.15) is 32.6 Å². The molecule has 4 rings (SSSR count). The summed E-state index contributed by atoms with van der Waals surface area (Å²) in [7, 11) is 0. The molecule has 0 bridgehead atoms. The Balaban J connectivity index is 1.53. The molecule has 0 heterocycles. The molecule has 4 aromatic rings. The van der Waals surface area contributed by atoms with Crippen LogP contribution in [0.5, 0.6) is 0 Å². The largest absolute Gasteiger partial charge is 0.396 e. The minimum Gasteiger partial charge on any atom is -0.396 e. The fourth-order valence-electron chi connectivity index (χ4n) is 4.51. The van der Waals surface area contributed by atoms with Crippen molar-refractivity contribution in [3.05, 3.63) is 131 Å². The first kappa shape index (κ1) is 25.8. The van der Waals surface area contributed by atoms with Gasteiger partial charge in [0.2, 0.25) is 0 Å². The van der Waals surface area contributed by atoms with E-state index in [1.165, 1.54) is 0 Å². The van der Waals surface area contributed by atoms with Gasteiger partial charge >= 0.3 is 0 Å². The first-order valence-corrected chi connectivity index (χ1v) is 12.4. The molecule has 4 aromatic carbocycles. The van der Waals surface area contributed by atoms with Gasteiger partial charge in [0.15, 0.2) is 0 Å². The number of aliphatic hydroxyl groups excluding tert-OH is 1. The minimum atomic E-state index is -0.297. The monoisotopic (exact) mass is 489 g/mol. The summed E-state index contributed by atoms with van der Waals surface area (Å²) in [5.74, 6) is -0.409. The van der Waals surface area contributed by atoms with Gasteiger partial charge in [-0.15, -0.1) is 0 Å². The van der Waals surface area contributed by atoms with Crippen LogP contribution in [0.25, 0.3) is 11.1 Å². The molecule has 0 saturated carbocycles. The average molecular weight is 490 g/mol. The maximum absolute atomic E-state index is 13.3. The van der Waals surface area contributed by atoms with Crippen molar-refractivity contribution >= 4 is 5.91 Å². The van der Waals surface area contributed by atoms with Gasteiger partial charge in [0.25, 0.3) is 5.91 Å². The lowest BCUT2D eigenvalue weighted by Gasteiger charge is -2.27. The highest BCUT2D eigenvalue weighted by atomic mass is 16.3. The molecule has 37 heavy (non-hydrogen) atoms. The molecule has 5 nitrogen and oxygen atoms in total. The molecule has 0 aliphatic heterocycles. The predicted octanol–water partition coefficient (Wildman–Crippen LogP) is 4.88. The Bertz CT molecular complexity index is 1340. The first-order valence-electron chi connectivity index (χ1n) is 12.4. The SMILES string of the molecule is N#Cc1cccc(CC(CO)C(Cc2ccccc2)NC(=O)c2ccc(-c3ccc(CN)cc3)cc2)c1. The van der Waals surface area contributed by atoms with E-state index in [1.54, 1.807) is 6.07 Å². The lowest BCUT2D eigenvalue weighted by atomic mass is 9.88. The smallest absolute Gasteiger partial charge is 0.251 e. The van der Waals surface area contributed by atoms with Crippen molar-refractivity contribution in [1.82, 2.24) is 5.32 Å². The second-order valence-electron chi connectivity index (χ2n) is 9.21. The van der Waals surface area contributed by atoms with Crippen molar-refractivity contribution in [3.63, 3.8) is 0 Å². The molecule has 0 aliphatic carbocycles. The predicted molar refractivity (Wildman–Crippen MR) is 147 cm³/mol. The maximum Gasteiger partial charge on any atom is 0.251 e. The van der Waals surface area contributed by atoms with Gasteiger partial charge in [-0.25, -0.2) is 0 Å². The summed E-state index contributed by atoms with van der Waals surface area (Å²) in [5.41, 5.74) is 12.0. The van der Waals surface area contributed by atoms with Gasteiger partial charge in [-0.2, -0.15) is 5.26 Å². The highest BCUT2D eigenvalue weighted by Gasteiger charge is 2.24. The molecule has 0 saturated heterocycles. The van der Waals surface area contributed by atoms with E-state index in [-0.39, 0.29) is 24.5 Å².